The highest BCUT2D eigenvalue weighted by Crippen LogP contribution is 2.24. The van der Waals surface area contributed by atoms with Crippen LogP contribution in [0.1, 0.15) is 11.1 Å². The summed E-state index contributed by atoms with van der Waals surface area (Å²) < 4.78 is 6.18. The zero-order valence-corrected chi connectivity index (χ0v) is 17.7. The number of hydrogen-bond donors (Lipinski definition) is 0. The van der Waals surface area contributed by atoms with E-state index in [0.29, 0.717) is 0 Å². The van der Waals surface area contributed by atoms with Crippen LogP contribution >= 0.6 is 39.9 Å². The molecule has 2 aromatic rings. The number of benzene rings is 2. The molecule has 4 nitrogen and oxygen atoms in total. The van der Waals surface area contributed by atoms with Crippen molar-refractivity contribution in [3.05, 3.63) is 63.1 Å². The largest absolute Gasteiger partial charge is 0.496 e. The third kappa shape index (κ3) is 5.88. The van der Waals surface area contributed by atoms with Crippen molar-refractivity contribution in [1.29, 1.82) is 0 Å². The van der Waals surface area contributed by atoms with Crippen LogP contribution in [0.2, 0.25) is 5.02 Å². The van der Waals surface area contributed by atoms with Gasteiger partial charge in [-0.2, -0.15) is 5.10 Å². The van der Waals surface area contributed by atoms with Crippen LogP contribution in [-0.2, 0) is 6.54 Å². The van der Waals surface area contributed by atoms with E-state index < -0.39 is 0 Å². The van der Waals surface area contributed by atoms with Gasteiger partial charge in [0.1, 0.15) is 5.75 Å². The molecule has 0 aliphatic carbocycles. The highest BCUT2D eigenvalue weighted by Gasteiger charge is 2.15. The molecule has 0 saturated carbocycles. The summed E-state index contributed by atoms with van der Waals surface area (Å²) in [5.41, 5.74) is 2.35. The number of ether oxygens (including phenoxy) is 1. The molecule has 1 heterocycles. The summed E-state index contributed by atoms with van der Waals surface area (Å²) in [5.74, 6) is 0.827. The fraction of sp³-hybridized carbons (Fsp3) is 0.316. The normalized spacial score (nSPS) is 15.1. The van der Waals surface area contributed by atoms with E-state index in [1.807, 2.05) is 36.5 Å². The van der Waals surface area contributed by atoms with Gasteiger partial charge in [-0.1, -0.05) is 23.7 Å². The highest BCUT2D eigenvalue weighted by molar-refractivity contribution is 9.10. The molecule has 0 spiro atoms. The second-order valence-corrected chi connectivity index (χ2v) is 7.29. The van der Waals surface area contributed by atoms with Crippen molar-refractivity contribution in [2.24, 2.45) is 5.10 Å². The average molecular weight is 459 g/mol. The van der Waals surface area contributed by atoms with Crippen molar-refractivity contribution in [1.82, 2.24) is 9.91 Å². The lowest BCUT2D eigenvalue weighted by atomic mass is 10.2. The van der Waals surface area contributed by atoms with Gasteiger partial charge in [0.2, 0.25) is 0 Å². The van der Waals surface area contributed by atoms with Crippen molar-refractivity contribution in [2.75, 3.05) is 33.3 Å². The summed E-state index contributed by atoms with van der Waals surface area (Å²) in [6, 6.07) is 14.0. The zero-order valence-electron chi connectivity index (χ0n) is 14.6. The Morgan fingerprint density at radius 3 is 2.42 bits per heavy atom. The maximum absolute atomic E-state index is 5.94. The Morgan fingerprint density at radius 2 is 1.81 bits per heavy atom. The molecule has 1 aliphatic heterocycles. The van der Waals surface area contributed by atoms with E-state index in [9.17, 15) is 0 Å². The molecule has 2 aromatic carbocycles. The van der Waals surface area contributed by atoms with Crippen molar-refractivity contribution in [3.8, 4) is 5.75 Å². The topological polar surface area (TPSA) is 28.1 Å². The third-order valence-electron chi connectivity index (χ3n) is 4.21. The third-order valence-corrected chi connectivity index (χ3v) is 5.09. The van der Waals surface area contributed by atoms with Gasteiger partial charge in [-0.3, -0.25) is 9.91 Å². The lowest BCUT2D eigenvalue weighted by Crippen LogP contribution is -2.43. The van der Waals surface area contributed by atoms with Gasteiger partial charge in [-0.15, -0.1) is 12.4 Å². The monoisotopic (exact) mass is 457 g/mol. The predicted molar refractivity (Wildman–Crippen MR) is 114 cm³/mol. The van der Waals surface area contributed by atoms with Gasteiger partial charge in [-0.05, 0) is 57.4 Å². The van der Waals surface area contributed by atoms with Gasteiger partial charge < -0.3 is 4.74 Å². The molecule has 1 saturated heterocycles. The Balaban J connectivity index is 0.00000243. The first-order valence-electron chi connectivity index (χ1n) is 8.23. The molecule has 0 unspecified atom stereocenters. The maximum atomic E-state index is 5.94. The number of methoxy groups -OCH3 is 1. The first-order valence-corrected chi connectivity index (χ1v) is 9.40. The number of hydrogen-bond acceptors (Lipinski definition) is 4. The minimum absolute atomic E-state index is 0. The summed E-state index contributed by atoms with van der Waals surface area (Å²) in [6.07, 6.45) is 1.90. The van der Waals surface area contributed by atoms with Crippen LogP contribution in [0.3, 0.4) is 0 Å². The number of hydrazone groups is 1. The molecule has 0 bridgehead atoms. The number of piperazine rings is 1. The number of rotatable bonds is 5. The van der Waals surface area contributed by atoms with E-state index in [1.165, 1.54) is 5.56 Å². The van der Waals surface area contributed by atoms with Gasteiger partial charge in [0, 0.05) is 37.7 Å². The minimum atomic E-state index is 0. The van der Waals surface area contributed by atoms with Gasteiger partial charge >= 0.3 is 0 Å². The maximum Gasteiger partial charge on any atom is 0.133 e. The fourth-order valence-corrected chi connectivity index (χ4v) is 3.45. The Kier molecular flexibility index (Phi) is 8.22. The van der Waals surface area contributed by atoms with Crippen LogP contribution in [0.4, 0.5) is 0 Å². The SMILES string of the molecule is COc1ccc(/C=N/N2CCN(Cc3ccc(Cl)cc3)CC2)cc1Br.Cl. The standard InChI is InChI=1S/C19H21BrClN3O.ClH/c1-25-19-7-4-16(12-18(19)20)13-22-24-10-8-23(9-11-24)14-15-2-5-17(21)6-3-15;/h2-7,12-13H,8-11,14H2,1H3;1H/b22-13+;. The molecule has 0 radical (unpaired) electrons. The molecule has 1 fully saturated rings. The molecule has 0 aromatic heterocycles. The average Bonchev–Trinajstić information content (AvgIpc) is 2.63. The first-order chi connectivity index (χ1) is 12.1. The number of nitrogens with zero attached hydrogens (tertiary/aromatic N) is 3. The highest BCUT2D eigenvalue weighted by atomic mass is 79.9. The van der Waals surface area contributed by atoms with Crippen molar-refractivity contribution in [3.63, 3.8) is 0 Å². The molecule has 0 N–H and O–H groups in total. The summed E-state index contributed by atoms with van der Waals surface area (Å²) in [5, 5.41) is 7.51. The molecule has 0 atom stereocenters. The second-order valence-electron chi connectivity index (χ2n) is 5.99. The Hall–Kier alpha value is -1.27. The molecule has 0 amide bonds. The lowest BCUT2D eigenvalue weighted by molar-refractivity contribution is 0.131. The Labute approximate surface area is 174 Å². The van der Waals surface area contributed by atoms with Gasteiger partial charge in [0.25, 0.3) is 0 Å². The van der Waals surface area contributed by atoms with Gasteiger partial charge in [-0.25, -0.2) is 0 Å². The molecule has 3 rings (SSSR count). The summed E-state index contributed by atoms with van der Waals surface area (Å²) in [6.45, 7) is 4.83. The first kappa shape index (κ1) is 21.0. The molecular weight excluding hydrogens is 437 g/mol. The molecule has 140 valence electrons. The van der Waals surface area contributed by atoms with E-state index in [-0.39, 0.29) is 12.4 Å². The number of halogens is 3. The summed E-state index contributed by atoms with van der Waals surface area (Å²) in [4.78, 5) is 2.44. The molecular formula is C19H22BrCl2N3O. The van der Waals surface area contributed by atoms with E-state index in [2.05, 4.69) is 43.1 Å². The van der Waals surface area contributed by atoms with Crippen LogP contribution in [0.5, 0.6) is 5.75 Å². The van der Waals surface area contributed by atoms with Gasteiger partial charge in [0.15, 0.2) is 0 Å². The minimum Gasteiger partial charge on any atom is -0.496 e. The van der Waals surface area contributed by atoms with Crippen molar-refractivity contribution < 1.29 is 4.74 Å². The van der Waals surface area contributed by atoms with E-state index in [4.69, 9.17) is 16.3 Å². The van der Waals surface area contributed by atoms with Crippen molar-refractivity contribution >= 4 is 46.2 Å². The quantitative estimate of drug-likeness (QED) is 0.608. The van der Waals surface area contributed by atoms with E-state index in [0.717, 1.165) is 53.5 Å². The van der Waals surface area contributed by atoms with E-state index in [1.54, 1.807) is 7.11 Å². The van der Waals surface area contributed by atoms with Crippen LogP contribution in [0.25, 0.3) is 0 Å². The predicted octanol–water partition coefficient (Wildman–Crippen LogP) is 4.68. The van der Waals surface area contributed by atoms with Crippen LogP contribution in [-0.4, -0.2) is 49.4 Å². The lowest BCUT2D eigenvalue weighted by Gasteiger charge is -2.33. The van der Waals surface area contributed by atoms with E-state index >= 15 is 0 Å². The van der Waals surface area contributed by atoms with Crippen LogP contribution in [0, 0.1) is 0 Å². The Bertz CT molecular complexity index is 732. The smallest absolute Gasteiger partial charge is 0.133 e. The zero-order chi connectivity index (χ0) is 17.6. The fourth-order valence-electron chi connectivity index (χ4n) is 2.77. The second kappa shape index (κ2) is 10.2. The molecule has 26 heavy (non-hydrogen) atoms. The van der Waals surface area contributed by atoms with Gasteiger partial charge in [0.05, 0.1) is 17.8 Å². The molecule has 1 aliphatic rings. The van der Waals surface area contributed by atoms with Crippen LogP contribution < -0.4 is 4.74 Å². The summed E-state index contributed by atoms with van der Waals surface area (Å²) in [7, 11) is 1.66. The molecule has 7 heteroatoms. The summed E-state index contributed by atoms with van der Waals surface area (Å²) >= 11 is 9.44. The van der Waals surface area contributed by atoms with Crippen LogP contribution in [0.15, 0.2) is 52.0 Å². The Morgan fingerprint density at radius 1 is 1.12 bits per heavy atom. The van der Waals surface area contributed by atoms with Crippen molar-refractivity contribution in [2.45, 2.75) is 6.54 Å².